The minimum absolute atomic E-state index is 0.0420. The molecule has 0 bridgehead atoms. The van der Waals surface area contributed by atoms with Crippen molar-refractivity contribution in [3.63, 3.8) is 0 Å². The van der Waals surface area contributed by atoms with Crippen molar-refractivity contribution in [3.05, 3.63) is 18.0 Å². The molecule has 1 aromatic heterocycles. The second kappa shape index (κ2) is 5.11. The molecule has 118 valence electrons. The van der Waals surface area contributed by atoms with Crippen LogP contribution < -0.4 is 0 Å². The first-order valence-electron chi connectivity index (χ1n) is 7.24. The van der Waals surface area contributed by atoms with E-state index in [1.165, 1.54) is 6.20 Å². The van der Waals surface area contributed by atoms with Crippen LogP contribution in [0.15, 0.2) is 12.3 Å². The first-order valence-corrected chi connectivity index (χ1v) is 7.24. The van der Waals surface area contributed by atoms with Gasteiger partial charge in [0.05, 0.1) is 11.5 Å². The number of carboxylic acids is 1. The molecule has 2 saturated heterocycles. The summed E-state index contributed by atoms with van der Waals surface area (Å²) in [6.45, 7) is 0.860. The third-order valence-corrected chi connectivity index (χ3v) is 5.02. The number of carbonyl (C=O) groups is 3. The number of likely N-dealkylation sites (tertiary alicyclic amines) is 2. The first-order chi connectivity index (χ1) is 10.5. The standard InChI is InChI=1S/C14H18N4O4/c1-17-11(19)8-9(13(21)22)14(17)3-6-18(7-4-14)12(20)10-2-5-15-16-10/h2,5,9H,3-4,6-8H2,1H3,(H,15,16)(H,21,22). The van der Waals surface area contributed by atoms with Gasteiger partial charge in [-0.15, -0.1) is 0 Å². The van der Waals surface area contributed by atoms with Crippen LogP contribution in [0.1, 0.15) is 29.8 Å². The van der Waals surface area contributed by atoms with Crippen molar-refractivity contribution in [2.45, 2.75) is 24.8 Å². The number of nitrogens with one attached hydrogen (secondary N) is 1. The number of carboxylic acid groups (broad SMARTS) is 1. The van der Waals surface area contributed by atoms with Gasteiger partial charge in [-0.05, 0) is 18.9 Å². The van der Waals surface area contributed by atoms with Crippen molar-refractivity contribution in [3.8, 4) is 0 Å². The molecule has 2 aliphatic heterocycles. The van der Waals surface area contributed by atoms with E-state index < -0.39 is 17.4 Å². The number of aromatic amines is 1. The summed E-state index contributed by atoms with van der Waals surface area (Å²) in [5.41, 5.74) is -0.255. The summed E-state index contributed by atoms with van der Waals surface area (Å²) < 4.78 is 0. The Morgan fingerprint density at radius 2 is 2.09 bits per heavy atom. The van der Waals surface area contributed by atoms with Crippen LogP contribution in [0, 0.1) is 5.92 Å². The smallest absolute Gasteiger partial charge is 0.309 e. The fraction of sp³-hybridized carbons (Fsp3) is 0.571. The Morgan fingerprint density at radius 1 is 1.41 bits per heavy atom. The van der Waals surface area contributed by atoms with E-state index in [0.29, 0.717) is 31.6 Å². The molecule has 2 fully saturated rings. The van der Waals surface area contributed by atoms with Crippen molar-refractivity contribution < 1.29 is 19.5 Å². The van der Waals surface area contributed by atoms with Crippen molar-refractivity contribution in [1.29, 1.82) is 0 Å². The molecule has 8 nitrogen and oxygen atoms in total. The number of carbonyl (C=O) groups excluding carboxylic acids is 2. The Kier molecular flexibility index (Phi) is 3.38. The number of amides is 2. The molecule has 1 spiro atoms. The third-order valence-electron chi connectivity index (χ3n) is 5.02. The van der Waals surface area contributed by atoms with Crippen LogP contribution in [0.3, 0.4) is 0 Å². The summed E-state index contributed by atoms with van der Waals surface area (Å²) in [5.74, 6) is -1.92. The van der Waals surface area contributed by atoms with Crippen LogP contribution in [0.4, 0.5) is 0 Å². The maximum absolute atomic E-state index is 12.3. The zero-order valence-electron chi connectivity index (χ0n) is 12.3. The van der Waals surface area contributed by atoms with Gasteiger partial charge >= 0.3 is 5.97 Å². The molecule has 0 aliphatic carbocycles. The zero-order chi connectivity index (χ0) is 15.9. The molecular formula is C14H18N4O4. The lowest BCUT2D eigenvalue weighted by molar-refractivity contribution is -0.145. The van der Waals surface area contributed by atoms with E-state index in [0.717, 1.165) is 0 Å². The summed E-state index contributed by atoms with van der Waals surface area (Å²) in [4.78, 5) is 39.0. The van der Waals surface area contributed by atoms with E-state index in [-0.39, 0.29) is 18.2 Å². The van der Waals surface area contributed by atoms with Crippen molar-refractivity contribution in [2.24, 2.45) is 5.92 Å². The highest BCUT2D eigenvalue weighted by Gasteiger charge is 2.55. The molecular weight excluding hydrogens is 288 g/mol. The van der Waals surface area contributed by atoms with Gasteiger partial charge in [-0.1, -0.05) is 0 Å². The van der Waals surface area contributed by atoms with Gasteiger partial charge in [0.25, 0.3) is 5.91 Å². The van der Waals surface area contributed by atoms with Crippen LogP contribution in [-0.4, -0.2) is 68.6 Å². The number of nitrogens with zero attached hydrogens (tertiary/aromatic N) is 3. The van der Waals surface area contributed by atoms with Crippen LogP contribution in [-0.2, 0) is 9.59 Å². The highest BCUT2D eigenvalue weighted by Crippen LogP contribution is 2.42. The van der Waals surface area contributed by atoms with E-state index >= 15 is 0 Å². The van der Waals surface area contributed by atoms with Crippen molar-refractivity contribution in [1.82, 2.24) is 20.0 Å². The van der Waals surface area contributed by atoms with Gasteiger partial charge in [0.1, 0.15) is 5.69 Å². The summed E-state index contributed by atoms with van der Waals surface area (Å²) in [5, 5.41) is 15.8. The van der Waals surface area contributed by atoms with Gasteiger partial charge in [-0.25, -0.2) is 0 Å². The Labute approximate surface area is 127 Å². The molecule has 1 aromatic rings. The monoisotopic (exact) mass is 306 g/mol. The summed E-state index contributed by atoms with van der Waals surface area (Å²) in [7, 11) is 1.66. The van der Waals surface area contributed by atoms with Crippen molar-refractivity contribution >= 4 is 17.8 Å². The predicted octanol–water partition coefficient (Wildman–Crippen LogP) is -0.0526. The summed E-state index contributed by atoms with van der Waals surface area (Å²) in [6.07, 6.45) is 2.51. The lowest BCUT2D eigenvalue weighted by atomic mass is 9.77. The molecule has 1 atom stereocenters. The van der Waals surface area contributed by atoms with Gasteiger partial charge in [0.15, 0.2) is 0 Å². The Morgan fingerprint density at radius 3 is 2.64 bits per heavy atom. The molecule has 2 amide bonds. The van der Waals surface area contributed by atoms with E-state index in [1.54, 1.807) is 22.9 Å². The minimum Gasteiger partial charge on any atom is -0.481 e. The lowest BCUT2D eigenvalue weighted by Gasteiger charge is -2.45. The third kappa shape index (κ3) is 2.06. The molecule has 1 unspecified atom stereocenters. The molecule has 3 rings (SSSR count). The van der Waals surface area contributed by atoms with Gasteiger partial charge < -0.3 is 14.9 Å². The number of piperidine rings is 1. The molecule has 3 heterocycles. The van der Waals surface area contributed by atoms with E-state index in [2.05, 4.69) is 10.2 Å². The van der Waals surface area contributed by atoms with Gasteiger partial charge in [0, 0.05) is 32.8 Å². The SMILES string of the molecule is CN1C(=O)CC(C(=O)O)C12CCN(C(=O)c1ccn[nH]1)CC2. The quantitative estimate of drug-likeness (QED) is 0.796. The zero-order valence-corrected chi connectivity index (χ0v) is 12.3. The topological polar surface area (TPSA) is 107 Å². The van der Waals surface area contributed by atoms with E-state index in [4.69, 9.17) is 0 Å². The molecule has 0 saturated carbocycles. The maximum atomic E-state index is 12.3. The fourth-order valence-electron chi connectivity index (χ4n) is 3.63. The molecule has 0 aromatic carbocycles. The molecule has 22 heavy (non-hydrogen) atoms. The average molecular weight is 306 g/mol. The van der Waals surface area contributed by atoms with Crippen LogP contribution in [0.5, 0.6) is 0 Å². The van der Waals surface area contributed by atoms with Crippen LogP contribution in [0.25, 0.3) is 0 Å². The second-order valence-electron chi connectivity index (χ2n) is 5.91. The van der Waals surface area contributed by atoms with Gasteiger partial charge in [0.2, 0.25) is 5.91 Å². The molecule has 2 aliphatic rings. The molecule has 2 N–H and O–H groups in total. The van der Waals surface area contributed by atoms with Gasteiger partial charge in [-0.3, -0.25) is 19.5 Å². The minimum atomic E-state index is -0.939. The number of rotatable bonds is 2. The van der Waals surface area contributed by atoms with Crippen molar-refractivity contribution in [2.75, 3.05) is 20.1 Å². The Bertz CT molecular complexity index is 604. The Hall–Kier alpha value is -2.38. The van der Waals surface area contributed by atoms with Crippen LogP contribution >= 0.6 is 0 Å². The number of hydrogen-bond donors (Lipinski definition) is 2. The first kappa shape index (κ1) is 14.6. The number of H-pyrrole nitrogens is 1. The second-order valence-corrected chi connectivity index (χ2v) is 5.91. The normalized spacial score (nSPS) is 24.0. The molecule has 0 radical (unpaired) electrons. The molecule has 8 heteroatoms. The number of aliphatic carboxylic acids is 1. The predicted molar refractivity (Wildman–Crippen MR) is 75.0 cm³/mol. The lowest BCUT2D eigenvalue weighted by Crippen LogP contribution is -2.57. The number of aromatic nitrogens is 2. The highest BCUT2D eigenvalue weighted by atomic mass is 16.4. The van der Waals surface area contributed by atoms with Gasteiger partial charge in [-0.2, -0.15) is 5.10 Å². The fourth-order valence-corrected chi connectivity index (χ4v) is 3.63. The summed E-state index contributed by atoms with van der Waals surface area (Å²) in [6, 6.07) is 1.61. The number of hydrogen-bond acceptors (Lipinski definition) is 4. The largest absolute Gasteiger partial charge is 0.481 e. The van der Waals surface area contributed by atoms with E-state index in [9.17, 15) is 19.5 Å². The maximum Gasteiger partial charge on any atom is 0.309 e. The highest BCUT2D eigenvalue weighted by molar-refractivity contribution is 5.92. The average Bonchev–Trinajstić information content (AvgIpc) is 3.11. The summed E-state index contributed by atoms with van der Waals surface area (Å²) >= 11 is 0. The Balaban J connectivity index is 1.76. The van der Waals surface area contributed by atoms with Crippen LogP contribution in [0.2, 0.25) is 0 Å². The van der Waals surface area contributed by atoms with E-state index in [1.807, 2.05) is 0 Å².